The Hall–Kier alpha value is -3.27. The standard InChI is InChI=1S/C19H20F3N3O4/c1-3-8-29-24-18(26)15-10-23-25(12-15)11-14-6-5-7-16(9-14)28-13-17(27-4-2)19(20,21)22/h3,5-7,9-10,12-13H,1,4,8,11H2,2H3,(H,24,26)/b17-13-. The lowest BCUT2D eigenvalue weighted by molar-refractivity contribution is -0.132. The maximum Gasteiger partial charge on any atom is 0.452 e. The van der Waals surface area contributed by atoms with Gasteiger partial charge in [0.05, 0.1) is 31.5 Å². The third kappa shape index (κ3) is 7.00. The van der Waals surface area contributed by atoms with Crippen molar-refractivity contribution in [3.05, 3.63) is 72.5 Å². The fourth-order valence-electron chi connectivity index (χ4n) is 2.16. The van der Waals surface area contributed by atoms with Crippen LogP contribution in [-0.2, 0) is 16.1 Å². The normalized spacial score (nSPS) is 11.8. The Balaban J connectivity index is 2.03. The van der Waals surface area contributed by atoms with Crippen molar-refractivity contribution in [2.75, 3.05) is 13.2 Å². The molecule has 1 aromatic heterocycles. The number of ether oxygens (including phenoxy) is 2. The van der Waals surface area contributed by atoms with Crippen molar-refractivity contribution in [1.82, 2.24) is 15.3 Å². The van der Waals surface area contributed by atoms with Crippen LogP contribution in [0.4, 0.5) is 13.2 Å². The largest absolute Gasteiger partial charge is 0.487 e. The fourth-order valence-corrected chi connectivity index (χ4v) is 2.16. The number of halogens is 3. The zero-order valence-electron chi connectivity index (χ0n) is 15.6. The first-order valence-corrected chi connectivity index (χ1v) is 8.54. The highest BCUT2D eigenvalue weighted by atomic mass is 19.4. The van der Waals surface area contributed by atoms with Crippen molar-refractivity contribution in [3.8, 4) is 5.75 Å². The number of benzene rings is 1. The van der Waals surface area contributed by atoms with E-state index >= 15 is 0 Å². The second kappa shape index (κ2) is 10.3. The number of carbonyl (C=O) groups is 1. The number of hydrogen-bond donors (Lipinski definition) is 1. The molecule has 1 amide bonds. The van der Waals surface area contributed by atoms with E-state index in [1.165, 1.54) is 36.1 Å². The minimum absolute atomic E-state index is 0.136. The van der Waals surface area contributed by atoms with Gasteiger partial charge in [-0.3, -0.25) is 14.3 Å². The van der Waals surface area contributed by atoms with Crippen LogP contribution in [-0.4, -0.2) is 35.1 Å². The zero-order valence-corrected chi connectivity index (χ0v) is 15.6. The molecule has 1 N–H and O–H groups in total. The average Bonchev–Trinajstić information content (AvgIpc) is 3.13. The molecule has 1 heterocycles. The molecule has 0 fully saturated rings. The van der Waals surface area contributed by atoms with Crippen LogP contribution in [0.5, 0.6) is 5.75 Å². The van der Waals surface area contributed by atoms with E-state index in [0.29, 0.717) is 11.8 Å². The number of hydrogen-bond acceptors (Lipinski definition) is 5. The SMILES string of the molecule is C=CCONC(=O)c1cnn(Cc2cccc(O/C=C(\OCC)C(F)(F)F)c2)c1. The number of carbonyl (C=O) groups excluding carboxylic acids is 1. The molecule has 1 aromatic carbocycles. The highest BCUT2D eigenvalue weighted by Crippen LogP contribution is 2.27. The molecule has 0 aliphatic rings. The van der Waals surface area contributed by atoms with E-state index in [1.54, 1.807) is 18.2 Å². The summed E-state index contributed by atoms with van der Waals surface area (Å²) in [5.74, 6) is -1.48. The summed E-state index contributed by atoms with van der Waals surface area (Å²) in [4.78, 5) is 16.7. The molecular weight excluding hydrogens is 391 g/mol. The van der Waals surface area contributed by atoms with Crippen LogP contribution in [0.1, 0.15) is 22.8 Å². The lowest BCUT2D eigenvalue weighted by Gasteiger charge is -2.12. The number of aromatic nitrogens is 2. The quantitative estimate of drug-likeness (QED) is 0.280. The number of rotatable bonds is 10. The van der Waals surface area contributed by atoms with Gasteiger partial charge < -0.3 is 9.47 Å². The number of nitrogens with zero attached hydrogens (tertiary/aromatic N) is 2. The van der Waals surface area contributed by atoms with Gasteiger partial charge in [-0.1, -0.05) is 18.2 Å². The van der Waals surface area contributed by atoms with E-state index in [4.69, 9.17) is 9.57 Å². The van der Waals surface area contributed by atoms with Crippen molar-refractivity contribution in [2.45, 2.75) is 19.6 Å². The van der Waals surface area contributed by atoms with Crippen LogP contribution in [0.15, 0.2) is 61.3 Å². The van der Waals surface area contributed by atoms with Gasteiger partial charge in [0.25, 0.3) is 5.91 Å². The second-order valence-electron chi connectivity index (χ2n) is 5.64. The maximum absolute atomic E-state index is 12.8. The van der Waals surface area contributed by atoms with E-state index < -0.39 is 17.8 Å². The predicted molar refractivity (Wildman–Crippen MR) is 97.8 cm³/mol. The van der Waals surface area contributed by atoms with Crippen LogP contribution in [0.2, 0.25) is 0 Å². The van der Waals surface area contributed by atoms with Gasteiger partial charge in [0.15, 0.2) is 0 Å². The molecule has 2 rings (SSSR count). The van der Waals surface area contributed by atoms with Gasteiger partial charge in [0, 0.05) is 6.20 Å². The molecule has 29 heavy (non-hydrogen) atoms. The number of allylic oxidation sites excluding steroid dienone is 1. The fraction of sp³-hybridized carbons (Fsp3) is 0.263. The first-order chi connectivity index (χ1) is 13.8. The van der Waals surface area contributed by atoms with E-state index in [0.717, 1.165) is 0 Å². The number of alkyl halides is 3. The Morgan fingerprint density at radius 3 is 2.86 bits per heavy atom. The van der Waals surface area contributed by atoms with E-state index in [2.05, 4.69) is 21.9 Å². The lowest BCUT2D eigenvalue weighted by atomic mass is 10.2. The van der Waals surface area contributed by atoms with Crippen LogP contribution in [0.25, 0.3) is 0 Å². The Kier molecular flexibility index (Phi) is 7.84. The predicted octanol–water partition coefficient (Wildman–Crippen LogP) is 3.60. The molecule has 0 unspecified atom stereocenters. The van der Waals surface area contributed by atoms with E-state index in [1.807, 2.05) is 0 Å². The summed E-state index contributed by atoms with van der Waals surface area (Å²) in [6.45, 7) is 5.22. The third-order valence-corrected chi connectivity index (χ3v) is 3.39. The van der Waals surface area contributed by atoms with Crippen molar-refractivity contribution in [1.29, 1.82) is 0 Å². The summed E-state index contributed by atoms with van der Waals surface area (Å²) in [5, 5.41) is 4.08. The highest BCUT2D eigenvalue weighted by molar-refractivity contribution is 5.92. The summed E-state index contributed by atoms with van der Waals surface area (Å²) < 4.78 is 49.6. The number of hydroxylamine groups is 1. The van der Waals surface area contributed by atoms with Gasteiger partial charge in [0.2, 0.25) is 5.76 Å². The lowest BCUT2D eigenvalue weighted by Crippen LogP contribution is -2.23. The minimum Gasteiger partial charge on any atom is -0.487 e. The first kappa shape index (κ1) is 22.0. The molecule has 2 aromatic rings. The van der Waals surface area contributed by atoms with Crippen LogP contribution in [0, 0.1) is 0 Å². The van der Waals surface area contributed by atoms with Crippen LogP contribution in [0.3, 0.4) is 0 Å². The molecule has 0 saturated heterocycles. The Labute approximate surface area is 165 Å². The molecule has 0 atom stereocenters. The topological polar surface area (TPSA) is 74.6 Å². The smallest absolute Gasteiger partial charge is 0.452 e. The maximum atomic E-state index is 12.8. The summed E-state index contributed by atoms with van der Waals surface area (Å²) in [7, 11) is 0. The Bertz CT molecular complexity index is 862. The second-order valence-corrected chi connectivity index (χ2v) is 5.64. The molecule has 0 spiro atoms. The Morgan fingerprint density at radius 2 is 2.17 bits per heavy atom. The highest BCUT2D eigenvalue weighted by Gasteiger charge is 2.36. The van der Waals surface area contributed by atoms with Crippen LogP contribution < -0.4 is 10.2 Å². The number of amides is 1. The van der Waals surface area contributed by atoms with Crippen LogP contribution >= 0.6 is 0 Å². The van der Waals surface area contributed by atoms with Gasteiger partial charge in [-0.05, 0) is 24.6 Å². The van der Waals surface area contributed by atoms with Gasteiger partial charge in [-0.25, -0.2) is 5.48 Å². The zero-order chi connectivity index (χ0) is 21.3. The summed E-state index contributed by atoms with van der Waals surface area (Å²) >= 11 is 0. The Morgan fingerprint density at radius 1 is 1.38 bits per heavy atom. The average molecular weight is 411 g/mol. The molecular formula is C19H20F3N3O4. The number of nitrogens with one attached hydrogen (secondary N) is 1. The summed E-state index contributed by atoms with van der Waals surface area (Å²) in [6.07, 6.45) is 0.252. The van der Waals surface area contributed by atoms with E-state index in [9.17, 15) is 18.0 Å². The molecule has 0 saturated carbocycles. The van der Waals surface area contributed by atoms with Gasteiger partial charge in [-0.2, -0.15) is 18.3 Å². The van der Waals surface area contributed by atoms with Crippen molar-refractivity contribution < 1.29 is 32.3 Å². The van der Waals surface area contributed by atoms with Gasteiger partial charge >= 0.3 is 6.18 Å². The molecule has 0 bridgehead atoms. The molecule has 0 aliphatic heterocycles. The van der Waals surface area contributed by atoms with Gasteiger partial charge in [0.1, 0.15) is 12.0 Å². The molecule has 7 nitrogen and oxygen atoms in total. The van der Waals surface area contributed by atoms with Crippen molar-refractivity contribution in [2.24, 2.45) is 0 Å². The summed E-state index contributed by atoms with van der Waals surface area (Å²) in [5.41, 5.74) is 3.24. The van der Waals surface area contributed by atoms with Crippen molar-refractivity contribution in [3.63, 3.8) is 0 Å². The van der Waals surface area contributed by atoms with Gasteiger partial charge in [-0.15, -0.1) is 6.58 Å². The minimum atomic E-state index is -4.64. The monoisotopic (exact) mass is 411 g/mol. The van der Waals surface area contributed by atoms with Crippen molar-refractivity contribution >= 4 is 5.91 Å². The first-order valence-electron chi connectivity index (χ1n) is 8.54. The third-order valence-electron chi connectivity index (χ3n) is 3.39. The molecule has 0 radical (unpaired) electrons. The molecule has 0 aliphatic carbocycles. The van der Waals surface area contributed by atoms with E-state index in [-0.39, 0.29) is 31.1 Å². The molecule has 10 heteroatoms. The molecule has 156 valence electrons. The summed E-state index contributed by atoms with van der Waals surface area (Å²) in [6, 6.07) is 6.45.